The van der Waals surface area contributed by atoms with Crippen molar-refractivity contribution in [1.82, 2.24) is 4.98 Å². The van der Waals surface area contributed by atoms with Crippen LogP contribution in [0, 0.1) is 5.92 Å². The summed E-state index contributed by atoms with van der Waals surface area (Å²) in [5.41, 5.74) is 0.860. The molecule has 4 nitrogen and oxygen atoms in total. The monoisotopic (exact) mass is 261 g/mol. The number of pyridine rings is 1. The lowest BCUT2D eigenvalue weighted by atomic mass is 9.83. The van der Waals surface area contributed by atoms with E-state index in [9.17, 15) is 4.79 Å². The van der Waals surface area contributed by atoms with Crippen LogP contribution < -0.4 is 10.2 Å². The maximum atomic E-state index is 12.1. The number of aromatic nitrogens is 1. The molecule has 1 aliphatic rings. The van der Waals surface area contributed by atoms with Crippen molar-refractivity contribution in [3.63, 3.8) is 0 Å². The van der Waals surface area contributed by atoms with E-state index in [-0.39, 0.29) is 5.91 Å². The van der Waals surface area contributed by atoms with Crippen molar-refractivity contribution in [3.05, 3.63) is 18.3 Å². The van der Waals surface area contributed by atoms with E-state index in [2.05, 4.69) is 24.1 Å². The Hall–Kier alpha value is -1.58. The summed E-state index contributed by atoms with van der Waals surface area (Å²) in [4.78, 5) is 18.1. The minimum atomic E-state index is 0.191. The van der Waals surface area contributed by atoms with E-state index >= 15 is 0 Å². The third kappa shape index (κ3) is 3.69. The number of carbonyl (C=O) groups is 1. The van der Waals surface area contributed by atoms with Gasteiger partial charge in [-0.15, -0.1) is 0 Å². The Labute approximate surface area is 115 Å². The normalized spacial score (nSPS) is 15.2. The highest BCUT2D eigenvalue weighted by Crippen LogP contribution is 2.30. The van der Waals surface area contributed by atoms with Crippen LogP contribution in [-0.2, 0) is 4.79 Å². The summed E-state index contributed by atoms with van der Waals surface area (Å²) in [6.07, 6.45) is 6.11. The van der Waals surface area contributed by atoms with Crippen molar-refractivity contribution in [2.45, 2.75) is 45.6 Å². The number of amides is 1. The molecule has 1 saturated carbocycles. The van der Waals surface area contributed by atoms with E-state index in [1.807, 2.05) is 19.2 Å². The summed E-state index contributed by atoms with van der Waals surface area (Å²) in [5.74, 6) is 1.64. The second-order valence-corrected chi connectivity index (χ2v) is 5.65. The standard InChI is InChI=1S/C15H23N3O/c1-11(2)17-14-8-7-13(10-16-14)18(3)15(19)9-12-5-4-6-12/h7-8,10-12H,4-6,9H2,1-3H3,(H,16,17). The summed E-state index contributed by atoms with van der Waals surface area (Å²) in [5, 5.41) is 3.24. The van der Waals surface area contributed by atoms with Crippen LogP contribution in [0.5, 0.6) is 0 Å². The van der Waals surface area contributed by atoms with Crippen LogP contribution in [0.4, 0.5) is 11.5 Å². The van der Waals surface area contributed by atoms with Crippen LogP contribution in [0.3, 0.4) is 0 Å². The fourth-order valence-electron chi connectivity index (χ4n) is 2.19. The molecular weight excluding hydrogens is 238 g/mol. The van der Waals surface area contributed by atoms with Gasteiger partial charge in [-0.3, -0.25) is 4.79 Å². The minimum Gasteiger partial charge on any atom is -0.368 e. The number of nitrogens with zero attached hydrogens (tertiary/aromatic N) is 2. The molecule has 1 amide bonds. The zero-order valence-corrected chi connectivity index (χ0v) is 12.0. The number of hydrogen-bond acceptors (Lipinski definition) is 3. The van der Waals surface area contributed by atoms with Crippen LogP contribution in [-0.4, -0.2) is 24.0 Å². The lowest BCUT2D eigenvalue weighted by Gasteiger charge is -2.27. The van der Waals surface area contributed by atoms with Gasteiger partial charge in [0.05, 0.1) is 11.9 Å². The van der Waals surface area contributed by atoms with E-state index < -0.39 is 0 Å². The molecule has 0 aliphatic heterocycles. The molecule has 0 bridgehead atoms. The molecule has 1 heterocycles. The third-order valence-corrected chi connectivity index (χ3v) is 3.63. The zero-order valence-electron chi connectivity index (χ0n) is 12.0. The van der Waals surface area contributed by atoms with Gasteiger partial charge in [0.25, 0.3) is 0 Å². The lowest BCUT2D eigenvalue weighted by Crippen LogP contribution is -2.30. The average Bonchev–Trinajstić information content (AvgIpc) is 2.33. The first-order valence-corrected chi connectivity index (χ1v) is 7.05. The second kappa shape index (κ2) is 6.04. The predicted octanol–water partition coefficient (Wildman–Crippen LogP) is 3.05. The highest BCUT2D eigenvalue weighted by molar-refractivity contribution is 5.92. The smallest absolute Gasteiger partial charge is 0.227 e. The molecule has 1 aliphatic carbocycles. The molecule has 2 rings (SSSR count). The molecule has 19 heavy (non-hydrogen) atoms. The maximum absolute atomic E-state index is 12.1. The van der Waals surface area contributed by atoms with Crippen LogP contribution in [0.15, 0.2) is 18.3 Å². The summed E-state index contributed by atoms with van der Waals surface area (Å²) in [6, 6.07) is 4.22. The number of hydrogen-bond donors (Lipinski definition) is 1. The first-order chi connectivity index (χ1) is 9.06. The predicted molar refractivity (Wildman–Crippen MR) is 78.4 cm³/mol. The van der Waals surface area contributed by atoms with Gasteiger partial charge in [-0.25, -0.2) is 4.98 Å². The molecule has 0 radical (unpaired) electrons. The Morgan fingerprint density at radius 2 is 2.21 bits per heavy atom. The lowest BCUT2D eigenvalue weighted by molar-refractivity contribution is -0.119. The topological polar surface area (TPSA) is 45.2 Å². The van der Waals surface area contributed by atoms with Crippen molar-refractivity contribution in [2.24, 2.45) is 5.92 Å². The Kier molecular flexibility index (Phi) is 4.40. The Balaban J connectivity index is 1.94. The van der Waals surface area contributed by atoms with Gasteiger partial charge in [-0.2, -0.15) is 0 Å². The van der Waals surface area contributed by atoms with Crippen molar-refractivity contribution in [2.75, 3.05) is 17.3 Å². The molecule has 0 spiro atoms. The molecule has 104 valence electrons. The molecule has 1 N–H and O–H groups in total. The van der Waals surface area contributed by atoms with Gasteiger partial charge in [0.2, 0.25) is 5.91 Å². The van der Waals surface area contributed by atoms with Gasteiger partial charge in [-0.05, 0) is 44.7 Å². The SMILES string of the molecule is CC(C)Nc1ccc(N(C)C(=O)CC2CCC2)cn1. The molecule has 0 unspecified atom stereocenters. The minimum absolute atomic E-state index is 0.191. The molecular formula is C15H23N3O. The molecule has 1 aromatic heterocycles. The number of anilines is 2. The highest BCUT2D eigenvalue weighted by Gasteiger charge is 2.23. The van der Waals surface area contributed by atoms with Crippen molar-refractivity contribution in [1.29, 1.82) is 0 Å². The molecule has 4 heteroatoms. The average molecular weight is 261 g/mol. The Bertz CT molecular complexity index is 424. The summed E-state index contributed by atoms with van der Waals surface area (Å²) in [6.45, 7) is 4.15. The number of rotatable bonds is 5. The first-order valence-electron chi connectivity index (χ1n) is 7.05. The first kappa shape index (κ1) is 13.8. The van der Waals surface area contributed by atoms with E-state index in [1.165, 1.54) is 19.3 Å². The molecule has 0 atom stereocenters. The number of nitrogens with one attached hydrogen (secondary N) is 1. The van der Waals surface area contributed by atoms with Crippen LogP contribution in [0.25, 0.3) is 0 Å². The van der Waals surface area contributed by atoms with Crippen LogP contribution in [0.2, 0.25) is 0 Å². The van der Waals surface area contributed by atoms with E-state index in [0.717, 1.165) is 11.5 Å². The summed E-state index contributed by atoms with van der Waals surface area (Å²) in [7, 11) is 1.83. The largest absolute Gasteiger partial charge is 0.368 e. The van der Waals surface area contributed by atoms with Gasteiger partial charge < -0.3 is 10.2 Å². The summed E-state index contributed by atoms with van der Waals surface area (Å²) >= 11 is 0. The molecule has 0 saturated heterocycles. The molecule has 1 fully saturated rings. The van der Waals surface area contributed by atoms with Gasteiger partial charge in [0, 0.05) is 19.5 Å². The Morgan fingerprint density at radius 1 is 1.47 bits per heavy atom. The van der Waals surface area contributed by atoms with Crippen molar-refractivity contribution < 1.29 is 4.79 Å². The van der Waals surface area contributed by atoms with E-state index in [4.69, 9.17) is 0 Å². The third-order valence-electron chi connectivity index (χ3n) is 3.63. The Morgan fingerprint density at radius 3 is 2.68 bits per heavy atom. The van der Waals surface area contributed by atoms with Gasteiger partial charge in [0.15, 0.2) is 0 Å². The highest BCUT2D eigenvalue weighted by atomic mass is 16.2. The molecule has 1 aromatic rings. The zero-order chi connectivity index (χ0) is 13.8. The molecule has 0 aromatic carbocycles. The second-order valence-electron chi connectivity index (χ2n) is 5.65. The number of carbonyl (C=O) groups excluding carboxylic acids is 1. The fraction of sp³-hybridized carbons (Fsp3) is 0.600. The van der Waals surface area contributed by atoms with Crippen LogP contribution >= 0.6 is 0 Å². The van der Waals surface area contributed by atoms with E-state index in [1.54, 1.807) is 11.1 Å². The van der Waals surface area contributed by atoms with Gasteiger partial charge >= 0.3 is 0 Å². The van der Waals surface area contributed by atoms with Crippen molar-refractivity contribution in [3.8, 4) is 0 Å². The quantitative estimate of drug-likeness (QED) is 0.886. The van der Waals surface area contributed by atoms with Gasteiger partial charge in [0.1, 0.15) is 5.82 Å². The van der Waals surface area contributed by atoms with Gasteiger partial charge in [-0.1, -0.05) is 6.42 Å². The van der Waals surface area contributed by atoms with Crippen LogP contribution in [0.1, 0.15) is 39.5 Å². The van der Waals surface area contributed by atoms with Crippen molar-refractivity contribution >= 4 is 17.4 Å². The van der Waals surface area contributed by atoms with E-state index in [0.29, 0.717) is 18.4 Å². The maximum Gasteiger partial charge on any atom is 0.227 e. The fourth-order valence-corrected chi connectivity index (χ4v) is 2.19. The summed E-state index contributed by atoms with van der Waals surface area (Å²) < 4.78 is 0.